The van der Waals surface area contributed by atoms with Crippen LogP contribution in [0.4, 0.5) is 13.2 Å². The maximum atomic E-state index is 12.2. The average Bonchev–Trinajstić information content (AvgIpc) is 2.26. The van der Waals surface area contributed by atoms with Gasteiger partial charge >= 0.3 is 6.18 Å². The number of nitrogens with one attached hydrogen (secondary N) is 1. The van der Waals surface area contributed by atoms with E-state index in [1.54, 1.807) is 0 Å². The molecule has 0 saturated carbocycles. The molecule has 7 heteroatoms. The monoisotopic (exact) mass is 267 g/mol. The van der Waals surface area contributed by atoms with Gasteiger partial charge in [-0.2, -0.15) is 13.2 Å². The highest BCUT2D eigenvalue weighted by Crippen LogP contribution is 2.28. The quantitative estimate of drug-likeness (QED) is 0.908. The lowest BCUT2D eigenvalue weighted by molar-refractivity contribution is -0.137. The van der Waals surface area contributed by atoms with Gasteiger partial charge in [0.1, 0.15) is 0 Å². The highest BCUT2D eigenvalue weighted by molar-refractivity contribution is 7.89. The van der Waals surface area contributed by atoms with E-state index in [1.165, 1.54) is 19.1 Å². The van der Waals surface area contributed by atoms with Crippen LogP contribution < -0.4 is 4.72 Å². The molecule has 17 heavy (non-hydrogen) atoms. The van der Waals surface area contributed by atoms with E-state index in [0.29, 0.717) is 5.56 Å². The molecule has 0 aliphatic heterocycles. The summed E-state index contributed by atoms with van der Waals surface area (Å²) < 4.78 is 61.2. The summed E-state index contributed by atoms with van der Waals surface area (Å²) in [7, 11) is -3.33. The van der Waals surface area contributed by atoms with Crippen molar-refractivity contribution in [3.05, 3.63) is 35.4 Å². The Kier molecular flexibility index (Phi) is 4.16. The Morgan fingerprint density at radius 1 is 1.18 bits per heavy atom. The summed E-state index contributed by atoms with van der Waals surface area (Å²) >= 11 is 0. The van der Waals surface area contributed by atoms with Gasteiger partial charge in [0.2, 0.25) is 10.0 Å². The van der Waals surface area contributed by atoms with Crippen LogP contribution in [-0.2, 0) is 22.7 Å². The van der Waals surface area contributed by atoms with E-state index in [0.717, 1.165) is 12.1 Å². The predicted molar refractivity (Wildman–Crippen MR) is 57.7 cm³/mol. The Labute approximate surface area is 97.7 Å². The van der Waals surface area contributed by atoms with E-state index < -0.39 is 21.8 Å². The molecule has 0 bridgehead atoms. The lowest BCUT2D eigenvalue weighted by Gasteiger charge is -2.08. The first-order valence-corrected chi connectivity index (χ1v) is 6.53. The van der Waals surface area contributed by atoms with Gasteiger partial charge in [-0.05, 0) is 24.6 Å². The SMILES string of the molecule is CCS(=O)(=O)NCc1ccc(C(F)(F)F)cc1. The molecule has 96 valence electrons. The molecule has 0 radical (unpaired) electrons. The fourth-order valence-electron chi connectivity index (χ4n) is 1.11. The fraction of sp³-hybridized carbons (Fsp3) is 0.400. The first-order valence-electron chi connectivity index (χ1n) is 4.88. The van der Waals surface area contributed by atoms with Crippen molar-refractivity contribution < 1.29 is 21.6 Å². The second-order valence-corrected chi connectivity index (χ2v) is 5.51. The van der Waals surface area contributed by atoms with Gasteiger partial charge in [-0.25, -0.2) is 13.1 Å². The molecule has 0 amide bonds. The third-order valence-electron chi connectivity index (χ3n) is 2.16. The average molecular weight is 267 g/mol. The Morgan fingerprint density at radius 3 is 2.12 bits per heavy atom. The summed E-state index contributed by atoms with van der Waals surface area (Å²) in [6, 6.07) is 4.35. The lowest BCUT2D eigenvalue weighted by atomic mass is 10.1. The maximum Gasteiger partial charge on any atom is 0.416 e. The van der Waals surface area contributed by atoms with Crippen molar-refractivity contribution in [2.24, 2.45) is 0 Å². The van der Waals surface area contributed by atoms with Gasteiger partial charge in [0.05, 0.1) is 11.3 Å². The van der Waals surface area contributed by atoms with E-state index in [9.17, 15) is 21.6 Å². The lowest BCUT2D eigenvalue weighted by Crippen LogP contribution is -2.24. The van der Waals surface area contributed by atoms with E-state index in [4.69, 9.17) is 0 Å². The van der Waals surface area contributed by atoms with Gasteiger partial charge < -0.3 is 0 Å². The Hall–Kier alpha value is -1.08. The van der Waals surface area contributed by atoms with Gasteiger partial charge in [-0.3, -0.25) is 0 Å². The zero-order valence-corrected chi connectivity index (χ0v) is 9.90. The molecule has 0 aliphatic carbocycles. The van der Waals surface area contributed by atoms with Crippen LogP contribution in [0, 0.1) is 0 Å². The summed E-state index contributed by atoms with van der Waals surface area (Å²) in [4.78, 5) is 0. The first-order chi connectivity index (χ1) is 7.74. The van der Waals surface area contributed by atoms with Gasteiger partial charge in [0, 0.05) is 6.54 Å². The normalized spacial score (nSPS) is 12.7. The van der Waals surface area contributed by atoms with Gasteiger partial charge in [0.15, 0.2) is 0 Å². The van der Waals surface area contributed by atoms with Crippen molar-refractivity contribution >= 4 is 10.0 Å². The summed E-state index contributed by atoms with van der Waals surface area (Å²) in [6.45, 7) is 1.48. The van der Waals surface area contributed by atoms with E-state index >= 15 is 0 Å². The van der Waals surface area contributed by atoms with Crippen LogP contribution in [0.25, 0.3) is 0 Å². The highest BCUT2D eigenvalue weighted by atomic mass is 32.2. The molecular weight excluding hydrogens is 255 g/mol. The summed E-state index contributed by atoms with van der Waals surface area (Å²) in [5.41, 5.74) is -0.269. The molecule has 0 spiro atoms. The number of hydrogen-bond acceptors (Lipinski definition) is 2. The maximum absolute atomic E-state index is 12.2. The Morgan fingerprint density at radius 2 is 1.71 bits per heavy atom. The molecule has 0 fully saturated rings. The number of benzene rings is 1. The molecule has 0 unspecified atom stereocenters. The van der Waals surface area contributed by atoms with Gasteiger partial charge in [-0.15, -0.1) is 0 Å². The smallest absolute Gasteiger partial charge is 0.212 e. The summed E-state index contributed by atoms with van der Waals surface area (Å²) in [6.07, 6.45) is -4.37. The number of halogens is 3. The van der Waals surface area contributed by atoms with E-state index in [2.05, 4.69) is 4.72 Å². The van der Waals surface area contributed by atoms with Crippen LogP contribution in [-0.4, -0.2) is 14.2 Å². The largest absolute Gasteiger partial charge is 0.416 e. The zero-order chi connectivity index (χ0) is 13.1. The van der Waals surface area contributed by atoms with Crippen molar-refractivity contribution in [3.63, 3.8) is 0 Å². The zero-order valence-electron chi connectivity index (χ0n) is 9.08. The van der Waals surface area contributed by atoms with Crippen molar-refractivity contribution in [1.82, 2.24) is 4.72 Å². The predicted octanol–water partition coefficient (Wildman–Crippen LogP) is 2.14. The third kappa shape index (κ3) is 4.35. The number of alkyl halides is 3. The van der Waals surface area contributed by atoms with Crippen LogP contribution >= 0.6 is 0 Å². The molecule has 1 rings (SSSR count). The van der Waals surface area contributed by atoms with Crippen LogP contribution in [0.2, 0.25) is 0 Å². The molecule has 1 aromatic rings. The van der Waals surface area contributed by atoms with Crippen molar-refractivity contribution in [3.8, 4) is 0 Å². The minimum Gasteiger partial charge on any atom is -0.212 e. The topological polar surface area (TPSA) is 46.2 Å². The van der Waals surface area contributed by atoms with Crippen molar-refractivity contribution in [2.75, 3.05) is 5.75 Å². The Balaban J connectivity index is 2.70. The van der Waals surface area contributed by atoms with E-state index in [1.807, 2.05) is 0 Å². The second kappa shape index (κ2) is 5.05. The molecule has 0 heterocycles. The van der Waals surface area contributed by atoms with Crippen LogP contribution in [0.3, 0.4) is 0 Å². The first kappa shape index (κ1) is 14.0. The van der Waals surface area contributed by atoms with Gasteiger partial charge in [0.25, 0.3) is 0 Å². The number of rotatable bonds is 4. The minimum absolute atomic E-state index is 0.00564. The highest BCUT2D eigenvalue weighted by Gasteiger charge is 2.29. The molecule has 0 aliphatic rings. The molecular formula is C10H12F3NO2S. The standard InChI is InChI=1S/C10H12F3NO2S/c1-2-17(15,16)14-7-8-3-5-9(6-4-8)10(11,12)13/h3-6,14H,2,7H2,1H3. The van der Waals surface area contributed by atoms with E-state index in [-0.39, 0.29) is 12.3 Å². The molecule has 3 nitrogen and oxygen atoms in total. The number of sulfonamides is 1. The molecule has 0 aromatic heterocycles. The number of hydrogen-bond donors (Lipinski definition) is 1. The minimum atomic E-state index is -4.37. The molecule has 0 saturated heterocycles. The summed E-state index contributed by atoms with van der Waals surface area (Å²) in [5.74, 6) is -0.0619. The molecule has 0 atom stereocenters. The van der Waals surface area contributed by atoms with Crippen molar-refractivity contribution in [2.45, 2.75) is 19.6 Å². The summed E-state index contributed by atoms with van der Waals surface area (Å²) in [5, 5.41) is 0. The fourth-order valence-corrected chi connectivity index (χ4v) is 1.70. The second-order valence-electron chi connectivity index (χ2n) is 3.42. The third-order valence-corrected chi connectivity index (χ3v) is 3.50. The molecule has 1 aromatic carbocycles. The van der Waals surface area contributed by atoms with Crippen molar-refractivity contribution in [1.29, 1.82) is 0 Å². The molecule has 1 N–H and O–H groups in total. The van der Waals surface area contributed by atoms with Crippen LogP contribution in [0.5, 0.6) is 0 Å². The van der Waals surface area contributed by atoms with Crippen LogP contribution in [0.1, 0.15) is 18.1 Å². The Bertz CT molecular complexity index is 465. The van der Waals surface area contributed by atoms with Crippen LogP contribution in [0.15, 0.2) is 24.3 Å². The van der Waals surface area contributed by atoms with Gasteiger partial charge in [-0.1, -0.05) is 12.1 Å².